The number of methoxy groups -OCH3 is 2. The van der Waals surface area contributed by atoms with Crippen molar-refractivity contribution < 1.29 is 27.4 Å². The molecule has 0 saturated heterocycles. The van der Waals surface area contributed by atoms with Gasteiger partial charge in [0.2, 0.25) is 5.91 Å². The number of anilines is 1. The number of alkyl halides is 3. The third-order valence-electron chi connectivity index (χ3n) is 8.27. The van der Waals surface area contributed by atoms with E-state index in [-0.39, 0.29) is 23.0 Å². The molecule has 3 aliphatic rings. The van der Waals surface area contributed by atoms with Crippen LogP contribution in [-0.2, 0) is 17.5 Å². The second kappa shape index (κ2) is 9.92. The molecule has 0 unspecified atom stereocenters. The standard InChI is InChI=1S/C28H27F3N2O4S2/c1-36-19-10-9-15(12-20(19)37-2)23-22-14-7-8-16(11-14)24(22)38-26-25(23)39-27(35)33(26)13-21(34)32-18-6-4-3-5-17(18)28(29,30)31/h3-6,9-10,12,14,16,22-24H,7-8,11,13H2,1-2H3,(H,32,34)/t14-,16-,22-,23-,24+/m0/s1. The van der Waals surface area contributed by atoms with Crippen LogP contribution >= 0.6 is 23.1 Å². The van der Waals surface area contributed by atoms with Gasteiger partial charge in [0.15, 0.2) is 11.5 Å². The van der Waals surface area contributed by atoms with Gasteiger partial charge in [0, 0.05) is 16.0 Å². The zero-order valence-electron chi connectivity index (χ0n) is 21.3. The van der Waals surface area contributed by atoms with Crippen molar-refractivity contribution in [3.63, 3.8) is 0 Å². The van der Waals surface area contributed by atoms with E-state index < -0.39 is 17.6 Å². The quantitative estimate of drug-likeness (QED) is 0.377. The maximum Gasteiger partial charge on any atom is 0.418 e. The predicted octanol–water partition coefficient (Wildman–Crippen LogP) is 6.24. The Balaban J connectivity index is 1.37. The molecule has 39 heavy (non-hydrogen) atoms. The van der Waals surface area contributed by atoms with Gasteiger partial charge in [0.1, 0.15) is 6.54 Å². The number of nitrogens with zero attached hydrogens (tertiary/aromatic N) is 1. The molecule has 3 aromatic rings. The van der Waals surface area contributed by atoms with Gasteiger partial charge in [-0.1, -0.05) is 29.5 Å². The Labute approximate surface area is 231 Å². The van der Waals surface area contributed by atoms with Crippen molar-refractivity contribution in [2.45, 2.75) is 48.2 Å². The van der Waals surface area contributed by atoms with Gasteiger partial charge in [-0.3, -0.25) is 14.2 Å². The smallest absolute Gasteiger partial charge is 0.418 e. The average molecular weight is 577 g/mol. The van der Waals surface area contributed by atoms with Crippen LogP contribution in [0.1, 0.15) is 41.2 Å². The summed E-state index contributed by atoms with van der Waals surface area (Å²) in [5.41, 5.74) is -0.212. The molecular weight excluding hydrogens is 549 g/mol. The Hall–Kier alpha value is -2.92. The summed E-state index contributed by atoms with van der Waals surface area (Å²) in [5.74, 6) is 1.99. The highest BCUT2D eigenvalue weighted by atomic mass is 32.2. The van der Waals surface area contributed by atoms with Crippen molar-refractivity contribution in [3.8, 4) is 11.5 Å². The lowest BCUT2D eigenvalue weighted by atomic mass is 9.75. The number of benzene rings is 2. The molecule has 1 N–H and O–H groups in total. The van der Waals surface area contributed by atoms with Gasteiger partial charge in [0.05, 0.1) is 30.5 Å². The van der Waals surface area contributed by atoms with Crippen LogP contribution in [0.15, 0.2) is 52.3 Å². The van der Waals surface area contributed by atoms with Crippen molar-refractivity contribution in [3.05, 3.63) is 68.1 Å². The van der Waals surface area contributed by atoms with E-state index in [0.717, 1.165) is 45.7 Å². The predicted molar refractivity (Wildman–Crippen MR) is 144 cm³/mol. The van der Waals surface area contributed by atoms with E-state index in [0.29, 0.717) is 34.5 Å². The van der Waals surface area contributed by atoms with E-state index in [4.69, 9.17) is 9.47 Å². The van der Waals surface area contributed by atoms with Crippen molar-refractivity contribution in [1.29, 1.82) is 0 Å². The van der Waals surface area contributed by atoms with Crippen molar-refractivity contribution in [2.75, 3.05) is 19.5 Å². The number of thiazole rings is 1. The first-order valence-electron chi connectivity index (χ1n) is 12.8. The number of ether oxygens (including phenoxy) is 2. The molecule has 2 fully saturated rings. The van der Waals surface area contributed by atoms with Gasteiger partial charge in [-0.2, -0.15) is 13.2 Å². The summed E-state index contributed by atoms with van der Waals surface area (Å²) >= 11 is 2.80. The number of carbonyl (C=O) groups is 1. The van der Waals surface area contributed by atoms with E-state index in [9.17, 15) is 22.8 Å². The topological polar surface area (TPSA) is 69.6 Å². The summed E-state index contributed by atoms with van der Waals surface area (Å²) in [6, 6.07) is 10.7. The number of hydrogen-bond donors (Lipinski definition) is 1. The highest BCUT2D eigenvalue weighted by Gasteiger charge is 2.55. The van der Waals surface area contributed by atoms with E-state index in [2.05, 4.69) is 5.32 Å². The zero-order chi connectivity index (χ0) is 27.5. The third kappa shape index (κ3) is 4.53. The number of hydrogen-bond acceptors (Lipinski definition) is 6. The van der Waals surface area contributed by atoms with Gasteiger partial charge in [-0.15, -0.1) is 11.8 Å². The van der Waals surface area contributed by atoms with Gasteiger partial charge < -0.3 is 14.8 Å². The second-order valence-electron chi connectivity index (χ2n) is 10.3. The molecule has 11 heteroatoms. The van der Waals surface area contributed by atoms with E-state index in [1.54, 1.807) is 26.0 Å². The molecule has 2 aromatic carbocycles. The minimum absolute atomic E-state index is 0.0330. The maximum atomic E-state index is 13.4. The molecular formula is C28H27F3N2O4S2. The summed E-state index contributed by atoms with van der Waals surface area (Å²) in [7, 11) is 3.18. The van der Waals surface area contributed by atoms with E-state index in [1.165, 1.54) is 29.2 Å². The molecule has 2 saturated carbocycles. The largest absolute Gasteiger partial charge is 0.493 e. The number of rotatable bonds is 6. The van der Waals surface area contributed by atoms with Crippen LogP contribution < -0.4 is 19.7 Å². The second-order valence-corrected chi connectivity index (χ2v) is 12.5. The number of aromatic nitrogens is 1. The van der Waals surface area contributed by atoms with Crippen LogP contribution in [0.5, 0.6) is 11.5 Å². The summed E-state index contributed by atoms with van der Waals surface area (Å²) in [4.78, 5) is 26.9. The highest BCUT2D eigenvalue weighted by molar-refractivity contribution is 8.00. The number of halogens is 3. The van der Waals surface area contributed by atoms with Crippen LogP contribution in [0.2, 0.25) is 0 Å². The SMILES string of the molecule is COc1ccc([C@@H]2c3sc(=O)n(CC(=O)Nc4ccccc4C(F)(F)F)c3S[C@@H]3[C@H]4CC[C@@H](C4)[C@@H]23)cc1OC. The normalized spacial score (nSPS) is 25.2. The Kier molecular flexibility index (Phi) is 6.69. The zero-order valence-corrected chi connectivity index (χ0v) is 22.9. The summed E-state index contributed by atoms with van der Waals surface area (Å²) in [5, 5.41) is 3.44. The van der Waals surface area contributed by atoms with Crippen molar-refractivity contribution in [2.24, 2.45) is 17.8 Å². The van der Waals surface area contributed by atoms with Gasteiger partial charge in [-0.05, 0) is 66.8 Å². The number of nitrogens with one attached hydrogen (secondary N) is 1. The van der Waals surface area contributed by atoms with Crippen LogP contribution in [0.4, 0.5) is 18.9 Å². The number of amides is 1. The Morgan fingerprint density at radius 1 is 1.08 bits per heavy atom. The maximum absolute atomic E-state index is 13.4. The average Bonchev–Trinajstić information content (AvgIpc) is 3.61. The first-order chi connectivity index (χ1) is 18.7. The Morgan fingerprint density at radius 3 is 2.56 bits per heavy atom. The lowest BCUT2D eigenvalue weighted by Crippen LogP contribution is -2.35. The summed E-state index contributed by atoms with van der Waals surface area (Å²) < 4.78 is 52.8. The minimum atomic E-state index is -4.61. The summed E-state index contributed by atoms with van der Waals surface area (Å²) in [6.07, 6.45) is -1.14. The fourth-order valence-corrected chi connectivity index (χ4v) is 9.83. The van der Waals surface area contributed by atoms with Gasteiger partial charge in [0.25, 0.3) is 0 Å². The van der Waals surface area contributed by atoms with Crippen LogP contribution in [-0.4, -0.2) is 29.9 Å². The van der Waals surface area contributed by atoms with Crippen molar-refractivity contribution >= 4 is 34.7 Å². The first kappa shape index (κ1) is 26.3. The molecule has 0 spiro atoms. The summed E-state index contributed by atoms with van der Waals surface area (Å²) in [6.45, 7) is -0.353. The molecule has 1 aliphatic heterocycles. The highest BCUT2D eigenvalue weighted by Crippen LogP contribution is 2.64. The number of carbonyl (C=O) groups excluding carboxylic acids is 1. The molecule has 5 atom stereocenters. The molecule has 2 bridgehead atoms. The lowest BCUT2D eigenvalue weighted by Gasteiger charge is -2.40. The number of fused-ring (bicyclic) bond motifs is 6. The monoisotopic (exact) mass is 576 g/mol. The first-order valence-corrected chi connectivity index (χ1v) is 14.5. The van der Waals surface area contributed by atoms with Crippen LogP contribution in [0, 0.1) is 17.8 Å². The number of thioether (sulfide) groups is 1. The van der Waals surface area contributed by atoms with E-state index >= 15 is 0 Å². The Morgan fingerprint density at radius 2 is 1.82 bits per heavy atom. The molecule has 206 valence electrons. The lowest BCUT2D eigenvalue weighted by molar-refractivity contribution is -0.137. The van der Waals surface area contributed by atoms with Crippen LogP contribution in [0.3, 0.4) is 0 Å². The molecule has 6 nitrogen and oxygen atoms in total. The van der Waals surface area contributed by atoms with E-state index in [1.807, 2.05) is 18.2 Å². The molecule has 6 rings (SSSR count). The fraction of sp³-hybridized carbons (Fsp3) is 0.429. The number of para-hydroxylation sites is 1. The molecule has 1 aromatic heterocycles. The molecule has 2 heterocycles. The molecule has 1 amide bonds. The van der Waals surface area contributed by atoms with Gasteiger partial charge >= 0.3 is 11.0 Å². The van der Waals surface area contributed by atoms with Gasteiger partial charge in [-0.25, -0.2) is 0 Å². The fourth-order valence-electron chi connectivity index (χ4n) is 6.68. The minimum Gasteiger partial charge on any atom is -0.493 e. The molecule has 0 radical (unpaired) electrons. The Bertz CT molecular complexity index is 1480. The molecule has 2 aliphatic carbocycles. The third-order valence-corrected chi connectivity index (χ3v) is 11.1. The van der Waals surface area contributed by atoms with Crippen LogP contribution in [0.25, 0.3) is 0 Å². The van der Waals surface area contributed by atoms with Crippen molar-refractivity contribution in [1.82, 2.24) is 4.57 Å².